The van der Waals surface area contributed by atoms with Crippen LogP contribution >= 0.6 is 7.82 Å². The lowest BCUT2D eigenvalue weighted by atomic mass is 10.1. The first kappa shape index (κ1) is 44.8. The minimum absolute atomic E-state index is 0.0305. The fourth-order valence-electron chi connectivity index (χ4n) is 4.86. The van der Waals surface area contributed by atoms with Crippen molar-refractivity contribution in [1.29, 1.82) is 0 Å². The third kappa shape index (κ3) is 32.7. The zero-order valence-corrected chi connectivity index (χ0v) is 31.2. The molecule has 0 saturated heterocycles. The number of nitrogens with zero attached hydrogens (tertiary/aromatic N) is 1. The van der Waals surface area contributed by atoms with Crippen molar-refractivity contribution in [3.05, 3.63) is 12.2 Å². The van der Waals surface area contributed by atoms with E-state index in [1.54, 1.807) is 0 Å². The Morgan fingerprint density at radius 1 is 0.652 bits per heavy atom. The standard InChI is InChI=1S/C36H70NO8P/c1-6-8-9-10-11-12-13-14-15-16-17-18-19-20-21-22-23-24-25-26-27-29-36(39)45-34(32-42-35(38)28-7-2)33-44-46(40,41)43-31-30-37(3,4)5/h16-17,34H,6-15,18-33H2,1-5H3/b17-16-. The predicted octanol–water partition coefficient (Wildman–Crippen LogP) is 8.83. The van der Waals surface area contributed by atoms with Gasteiger partial charge in [-0.15, -0.1) is 0 Å². The van der Waals surface area contributed by atoms with Crippen LogP contribution in [-0.2, 0) is 32.7 Å². The molecule has 0 heterocycles. The molecule has 0 radical (unpaired) electrons. The molecule has 0 aliphatic heterocycles. The summed E-state index contributed by atoms with van der Waals surface area (Å²) >= 11 is 0. The van der Waals surface area contributed by atoms with Crippen LogP contribution in [0.5, 0.6) is 0 Å². The topological polar surface area (TPSA) is 111 Å². The van der Waals surface area contributed by atoms with Gasteiger partial charge in [0.1, 0.15) is 19.8 Å². The summed E-state index contributed by atoms with van der Waals surface area (Å²) in [4.78, 5) is 36.4. The molecule has 0 spiro atoms. The highest BCUT2D eigenvalue weighted by Gasteiger charge is 2.21. The monoisotopic (exact) mass is 675 g/mol. The number of hydrogen-bond acceptors (Lipinski definition) is 8. The molecule has 46 heavy (non-hydrogen) atoms. The Kier molecular flexibility index (Phi) is 29.0. The molecule has 0 N–H and O–H groups in total. The fourth-order valence-corrected chi connectivity index (χ4v) is 5.59. The molecule has 0 rings (SSSR count). The third-order valence-electron chi connectivity index (χ3n) is 7.76. The van der Waals surface area contributed by atoms with Crippen molar-refractivity contribution in [1.82, 2.24) is 0 Å². The molecule has 0 bridgehead atoms. The Labute approximate surface area is 282 Å². The summed E-state index contributed by atoms with van der Waals surface area (Å²) < 4.78 is 33.1. The van der Waals surface area contributed by atoms with Crippen molar-refractivity contribution in [2.24, 2.45) is 0 Å². The maximum absolute atomic E-state index is 12.4. The fraction of sp³-hybridized carbons (Fsp3) is 0.889. The first-order chi connectivity index (χ1) is 22.0. The highest BCUT2D eigenvalue weighted by molar-refractivity contribution is 7.45. The number of quaternary nitrogens is 1. The molecule has 0 aliphatic carbocycles. The van der Waals surface area contributed by atoms with Gasteiger partial charge in [-0.1, -0.05) is 116 Å². The zero-order chi connectivity index (χ0) is 34.4. The molecule has 0 aromatic heterocycles. The van der Waals surface area contributed by atoms with Crippen LogP contribution in [0.3, 0.4) is 0 Å². The summed E-state index contributed by atoms with van der Waals surface area (Å²) in [6.45, 7) is 3.83. The molecule has 0 fully saturated rings. The average molecular weight is 676 g/mol. The molecule has 272 valence electrons. The summed E-state index contributed by atoms with van der Waals surface area (Å²) in [5.41, 5.74) is 0. The quantitative estimate of drug-likeness (QED) is 0.0223. The SMILES string of the molecule is CCCCCCCCCC/C=C\CCCCCCCCCCCC(=O)OC(COC(=O)CCC)COP(=O)([O-])OCC[N+](C)(C)C. The number of rotatable bonds is 33. The van der Waals surface area contributed by atoms with Gasteiger partial charge in [0.15, 0.2) is 6.10 Å². The Balaban J connectivity index is 3.97. The van der Waals surface area contributed by atoms with Crippen molar-refractivity contribution in [2.75, 3.05) is 47.5 Å². The molecule has 2 atom stereocenters. The number of allylic oxidation sites excluding steroid dienone is 2. The summed E-state index contributed by atoms with van der Waals surface area (Å²) in [6, 6.07) is 0. The van der Waals surface area contributed by atoms with Crippen molar-refractivity contribution >= 4 is 19.8 Å². The van der Waals surface area contributed by atoms with Crippen LogP contribution < -0.4 is 4.89 Å². The van der Waals surface area contributed by atoms with Crippen LogP contribution in [-0.4, -0.2) is 70.0 Å². The van der Waals surface area contributed by atoms with Crippen LogP contribution in [0.25, 0.3) is 0 Å². The Morgan fingerprint density at radius 2 is 1.15 bits per heavy atom. The average Bonchev–Trinajstić information content (AvgIpc) is 2.98. The first-order valence-electron chi connectivity index (χ1n) is 18.4. The van der Waals surface area contributed by atoms with Crippen LogP contribution in [0.4, 0.5) is 0 Å². The molecule has 0 aliphatic rings. The van der Waals surface area contributed by atoms with E-state index in [0.717, 1.165) is 19.3 Å². The maximum Gasteiger partial charge on any atom is 0.306 e. The summed E-state index contributed by atoms with van der Waals surface area (Å²) in [5, 5.41) is 0. The van der Waals surface area contributed by atoms with E-state index in [1.165, 1.54) is 96.3 Å². The van der Waals surface area contributed by atoms with E-state index in [2.05, 4.69) is 19.1 Å². The van der Waals surface area contributed by atoms with E-state index in [1.807, 2.05) is 28.1 Å². The maximum atomic E-state index is 12.4. The van der Waals surface area contributed by atoms with E-state index >= 15 is 0 Å². The van der Waals surface area contributed by atoms with Crippen LogP contribution in [0.2, 0.25) is 0 Å². The number of likely N-dealkylation sites (N-methyl/N-ethyl adjacent to an activating group) is 1. The second-order valence-electron chi connectivity index (χ2n) is 13.6. The molecule has 9 nitrogen and oxygen atoms in total. The number of esters is 2. The summed E-state index contributed by atoms with van der Waals surface area (Å²) in [5.74, 6) is -0.895. The minimum atomic E-state index is -4.59. The smallest absolute Gasteiger partial charge is 0.306 e. The second kappa shape index (κ2) is 29.9. The van der Waals surface area contributed by atoms with E-state index < -0.39 is 32.5 Å². The molecule has 0 saturated carbocycles. The van der Waals surface area contributed by atoms with Gasteiger partial charge in [0.05, 0.1) is 27.7 Å². The predicted molar refractivity (Wildman–Crippen MR) is 185 cm³/mol. The van der Waals surface area contributed by atoms with Gasteiger partial charge in [-0.3, -0.25) is 14.2 Å². The molecule has 0 aromatic carbocycles. The van der Waals surface area contributed by atoms with Crippen molar-refractivity contribution in [3.8, 4) is 0 Å². The number of carbonyl (C=O) groups excluding carboxylic acids is 2. The Morgan fingerprint density at radius 3 is 1.65 bits per heavy atom. The van der Waals surface area contributed by atoms with Crippen molar-refractivity contribution in [2.45, 2.75) is 161 Å². The molecular weight excluding hydrogens is 605 g/mol. The van der Waals surface area contributed by atoms with E-state index in [-0.39, 0.29) is 26.1 Å². The lowest BCUT2D eigenvalue weighted by molar-refractivity contribution is -0.870. The van der Waals surface area contributed by atoms with Gasteiger partial charge in [0.2, 0.25) is 0 Å². The molecular formula is C36H70NO8P. The van der Waals surface area contributed by atoms with Gasteiger partial charge in [0.25, 0.3) is 7.82 Å². The molecule has 10 heteroatoms. The minimum Gasteiger partial charge on any atom is -0.756 e. The number of unbranched alkanes of at least 4 members (excludes halogenated alkanes) is 17. The van der Waals surface area contributed by atoms with Gasteiger partial charge in [0, 0.05) is 12.8 Å². The summed E-state index contributed by atoms with van der Waals surface area (Å²) in [7, 11) is 1.16. The van der Waals surface area contributed by atoms with Gasteiger partial charge >= 0.3 is 11.9 Å². The Hall–Kier alpha value is -1.25. The number of ether oxygens (including phenoxy) is 2. The van der Waals surface area contributed by atoms with Gasteiger partial charge in [-0.05, 0) is 38.5 Å². The lowest BCUT2D eigenvalue weighted by Crippen LogP contribution is -2.37. The van der Waals surface area contributed by atoms with E-state index in [0.29, 0.717) is 23.9 Å². The normalized spacial score (nSPS) is 14.0. The largest absolute Gasteiger partial charge is 0.756 e. The molecule has 0 amide bonds. The number of carbonyl (C=O) groups is 2. The number of phosphoric ester groups is 1. The molecule has 0 aromatic rings. The first-order valence-corrected chi connectivity index (χ1v) is 19.9. The van der Waals surface area contributed by atoms with Crippen molar-refractivity contribution in [3.63, 3.8) is 0 Å². The van der Waals surface area contributed by atoms with Gasteiger partial charge < -0.3 is 27.9 Å². The van der Waals surface area contributed by atoms with Crippen LogP contribution in [0.15, 0.2) is 12.2 Å². The molecule has 2 unspecified atom stereocenters. The van der Waals surface area contributed by atoms with Crippen molar-refractivity contribution < 1.29 is 42.1 Å². The summed E-state index contributed by atoms with van der Waals surface area (Å²) in [6.07, 6.45) is 28.4. The zero-order valence-electron chi connectivity index (χ0n) is 30.3. The van der Waals surface area contributed by atoms with Gasteiger partial charge in [-0.2, -0.15) is 0 Å². The highest BCUT2D eigenvalue weighted by atomic mass is 31.2. The van der Waals surface area contributed by atoms with Crippen LogP contribution in [0.1, 0.15) is 155 Å². The number of phosphoric acid groups is 1. The third-order valence-corrected chi connectivity index (χ3v) is 8.72. The Bertz CT molecular complexity index is 814. The van der Waals surface area contributed by atoms with E-state index in [9.17, 15) is 19.0 Å². The lowest BCUT2D eigenvalue weighted by Gasteiger charge is -2.28. The van der Waals surface area contributed by atoms with Crippen LogP contribution in [0, 0.1) is 0 Å². The number of hydrogen-bond donors (Lipinski definition) is 0. The van der Waals surface area contributed by atoms with E-state index in [4.69, 9.17) is 18.5 Å². The highest BCUT2D eigenvalue weighted by Crippen LogP contribution is 2.38. The van der Waals surface area contributed by atoms with Gasteiger partial charge in [-0.25, -0.2) is 0 Å². The second-order valence-corrected chi connectivity index (χ2v) is 15.0.